The molecule has 1 unspecified atom stereocenters. The Morgan fingerprint density at radius 3 is 2.50 bits per heavy atom. The van der Waals surface area contributed by atoms with E-state index in [9.17, 15) is 9.59 Å². The Morgan fingerprint density at radius 2 is 2.20 bits per heavy atom. The smallest absolute Gasteiger partial charge is 0.316 e. The molecule has 0 radical (unpaired) electrons. The summed E-state index contributed by atoms with van der Waals surface area (Å²) in [6.07, 6.45) is 0. The van der Waals surface area contributed by atoms with Gasteiger partial charge >= 0.3 is 5.97 Å². The molecule has 0 heterocycles. The van der Waals surface area contributed by atoms with E-state index in [0.29, 0.717) is 0 Å². The molecular weight excluding hydrogens is 154 g/mol. The fraction of sp³-hybridized carbons (Fsp3) is 0.600. The molecule has 0 saturated heterocycles. The highest BCUT2D eigenvalue weighted by molar-refractivity contribution is 8.01. The molecule has 0 spiro atoms. The van der Waals surface area contributed by atoms with Gasteiger partial charge in [-0.3, -0.25) is 9.59 Å². The van der Waals surface area contributed by atoms with Gasteiger partial charge in [-0.15, -0.1) is 11.8 Å². The number of carbonyl (C=O) groups excluding carboxylic acids is 1. The summed E-state index contributed by atoms with van der Waals surface area (Å²) in [4.78, 5) is 20.3. The number of carboxylic acids is 1. The van der Waals surface area contributed by atoms with E-state index < -0.39 is 17.1 Å². The van der Waals surface area contributed by atoms with E-state index in [2.05, 4.69) is 0 Å². The molecular formula is C5H9NO3S. The van der Waals surface area contributed by atoms with Gasteiger partial charge in [0.25, 0.3) is 0 Å². The van der Waals surface area contributed by atoms with Crippen molar-refractivity contribution in [3.63, 3.8) is 0 Å². The van der Waals surface area contributed by atoms with E-state index >= 15 is 0 Å². The minimum absolute atomic E-state index is 0.0630. The van der Waals surface area contributed by atoms with Crippen molar-refractivity contribution in [1.82, 2.24) is 0 Å². The third-order valence-corrected chi connectivity index (χ3v) is 1.98. The van der Waals surface area contributed by atoms with Crippen LogP contribution in [0.15, 0.2) is 0 Å². The number of rotatable bonds is 4. The van der Waals surface area contributed by atoms with Crippen LogP contribution in [0.2, 0.25) is 0 Å². The van der Waals surface area contributed by atoms with Crippen molar-refractivity contribution in [3.8, 4) is 0 Å². The number of carbonyl (C=O) groups is 2. The first-order valence-electron chi connectivity index (χ1n) is 2.66. The normalized spacial score (nSPS) is 12.5. The Kier molecular flexibility index (Phi) is 3.87. The molecule has 10 heavy (non-hydrogen) atoms. The Hall–Kier alpha value is -0.710. The molecule has 5 heteroatoms. The number of nitrogens with two attached hydrogens (primary N) is 1. The quantitative estimate of drug-likeness (QED) is 0.595. The van der Waals surface area contributed by atoms with Crippen molar-refractivity contribution >= 4 is 23.6 Å². The van der Waals surface area contributed by atoms with Crippen molar-refractivity contribution in [3.05, 3.63) is 0 Å². The molecule has 0 aliphatic rings. The van der Waals surface area contributed by atoms with E-state index in [-0.39, 0.29) is 5.75 Å². The molecule has 0 aromatic heterocycles. The lowest BCUT2D eigenvalue weighted by atomic mass is 10.5. The molecule has 4 nitrogen and oxygen atoms in total. The van der Waals surface area contributed by atoms with Crippen LogP contribution < -0.4 is 5.73 Å². The Bertz CT molecular complexity index is 148. The Balaban J connectivity index is 3.49. The fourth-order valence-corrected chi connectivity index (χ4v) is 0.835. The molecule has 58 valence electrons. The van der Waals surface area contributed by atoms with E-state index in [1.165, 1.54) is 6.92 Å². The predicted octanol–water partition coefficient (Wildman–Crippen LogP) is -0.322. The van der Waals surface area contributed by atoms with E-state index in [1.54, 1.807) is 0 Å². The summed E-state index contributed by atoms with van der Waals surface area (Å²) in [6.45, 7) is 1.51. The number of hydrogen-bond acceptors (Lipinski definition) is 3. The van der Waals surface area contributed by atoms with Gasteiger partial charge < -0.3 is 10.8 Å². The van der Waals surface area contributed by atoms with Crippen LogP contribution in [0.25, 0.3) is 0 Å². The van der Waals surface area contributed by atoms with Crippen LogP contribution in [0.4, 0.5) is 0 Å². The first-order valence-corrected chi connectivity index (χ1v) is 3.71. The SMILES string of the molecule is CC(SCC(N)=O)C(=O)O. The van der Waals surface area contributed by atoms with Gasteiger partial charge in [-0.2, -0.15) is 0 Å². The molecule has 0 rings (SSSR count). The van der Waals surface area contributed by atoms with E-state index in [0.717, 1.165) is 11.8 Å². The van der Waals surface area contributed by atoms with Crippen molar-refractivity contribution < 1.29 is 14.7 Å². The van der Waals surface area contributed by atoms with Gasteiger partial charge in [-0.1, -0.05) is 0 Å². The van der Waals surface area contributed by atoms with E-state index in [4.69, 9.17) is 10.8 Å². The van der Waals surface area contributed by atoms with Crippen molar-refractivity contribution in [1.29, 1.82) is 0 Å². The van der Waals surface area contributed by atoms with Crippen molar-refractivity contribution in [2.45, 2.75) is 12.2 Å². The molecule has 0 saturated carbocycles. The fourth-order valence-electron chi connectivity index (χ4n) is 0.278. The summed E-state index contributed by atoms with van der Waals surface area (Å²) < 4.78 is 0. The lowest BCUT2D eigenvalue weighted by Gasteiger charge is -2.01. The van der Waals surface area contributed by atoms with Crippen LogP contribution >= 0.6 is 11.8 Å². The summed E-state index contributed by atoms with van der Waals surface area (Å²) in [5.41, 5.74) is 4.79. The minimum Gasteiger partial charge on any atom is -0.480 e. The maximum absolute atomic E-state index is 10.1. The van der Waals surface area contributed by atoms with Crippen molar-refractivity contribution in [2.75, 3.05) is 5.75 Å². The zero-order chi connectivity index (χ0) is 8.15. The summed E-state index contributed by atoms with van der Waals surface area (Å²) in [5.74, 6) is -1.35. The summed E-state index contributed by atoms with van der Waals surface area (Å²) >= 11 is 1.02. The van der Waals surface area contributed by atoms with Gasteiger partial charge in [0.15, 0.2) is 0 Å². The highest BCUT2D eigenvalue weighted by Gasteiger charge is 2.11. The zero-order valence-electron chi connectivity index (χ0n) is 5.53. The highest BCUT2D eigenvalue weighted by atomic mass is 32.2. The van der Waals surface area contributed by atoms with Crippen LogP contribution in [0, 0.1) is 0 Å². The second kappa shape index (κ2) is 4.16. The average Bonchev–Trinajstić information content (AvgIpc) is 1.82. The average molecular weight is 163 g/mol. The molecule has 1 atom stereocenters. The minimum atomic E-state index is -0.925. The van der Waals surface area contributed by atoms with Crippen molar-refractivity contribution in [2.24, 2.45) is 5.73 Å². The number of primary amides is 1. The molecule has 0 aromatic carbocycles. The first-order chi connectivity index (χ1) is 4.54. The van der Waals surface area contributed by atoms with Crippen LogP contribution in [0.1, 0.15) is 6.92 Å². The summed E-state index contributed by atoms with van der Waals surface area (Å²) in [5, 5.41) is 7.76. The topological polar surface area (TPSA) is 80.4 Å². The number of amides is 1. The zero-order valence-corrected chi connectivity index (χ0v) is 6.35. The lowest BCUT2D eigenvalue weighted by molar-refractivity contribution is -0.136. The number of thioether (sulfide) groups is 1. The lowest BCUT2D eigenvalue weighted by Crippen LogP contribution is -2.19. The first kappa shape index (κ1) is 9.29. The van der Waals surface area contributed by atoms with Gasteiger partial charge in [-0.25, -0.2) is 0 Å². The Morgan fingerprint density at radius 1 is 1.70 bits per heavy atom. The van der Waals surface area contributed by atoms with Gasteiger partial charge in [0, 0.05) is 0 Å². The van der Waals surface area contributed by atoms with Crippen LogP contribution in [-0.4, -0.2) is 28.0 Å². The monoisotopic (exact) mass is 163 g/mol. The second-order valence-corrected chi connectivity index (χ2v) is 3.09. The van der Waals surface area contributed by atoms with Gasteiger partial charge in [0.2, 0.25) is 5.91 Å². The van der Waals surface area contributed by atoms with Gasteiger partial charge in [0.05, 0.1) is 11.0 Å². The largest absolute Gasteiger partial charge is 0.480 e. The maximum Gasteiger partial charge on any atom is 0.316 e. The van der Waals surface area contributed by atoms with Crippen LogP contribution in [0.3, 0.4) is 0 Å². The number of hydrogen-bond donors (Lipinski definition) is 2. The summed E-state index contributed by atoms with van der Waals surface area (Å²) in [6, 6.07) is 0. The Labute approximate surface area is 62.8 Å². The molecule has 0 aliphatic carbocycles. The molecule has 3 N–H and O–H groups in total. The van der Waals surface area contributed by atoms with Crippen LogP contribution in [-0.2, 0) is 9.59 Å². The molecule has 0 aliphatic heterocycles. The number of carboxylic acid groups (broad SMARTS) is 1. The third kappa shape index (κ3) is 4.20. The van der Waals surface area contributed by atoms with E-state index in [1.807, 2.05) is 0 Å². The number of aliphatic carboxylic acids is 1. The van der Waals surface area contributed by atoms with Crippen LogP contribution in [0.5, 0.6) is 0 Å². The second-order valence-electron chi connectivity index (χ2n) is 1.76. The highest BCUT2D eigenvalue weighted by Crippen LogP contribution is 2.08. The summed E-state index contributed by atoms with van der Waals surface area (Å²) in [7, 11) is 0. The predicted molar refractivity (Wildman–Crippen MR) is 38.8 cm³/mol. The maximum atomic E-state index is 10.1. The third-order valence-electron chi connectivity index (χ3n) is 0.823. The molecule has 0 fully saturated rings. The standard InChI is InChI=1S/C5H9NO3S/c1-3(5(8)9)10-2-4(6)7/h3H,2H2,1H3,(H2,6,7)(H,8,9). The molecule has 0 bridgehead atoms. The van der Waals surface area contributed by atoms with Gasteiger partial charge in [0.1, 0.15) is 0 Å². The van der Waals surface area contributed by atoms with Gasteiger partial charge in [-0.05, 0) is 6.92 Å². The molecule has 0 aromatic rings. The molecule has 1 amide bonds.